The standard InChI is InChI=1S/C17H19N3O4S/c21-15(20-8-11(10-3-4-10)12(9-20)17(22)23)6-5-14-18-16(19-24-14)13-2-1-7-25-13/h1-2,7,10-12H,3-6,8-9H2,(H,22,23)/t11-,12+/m1/s1. The van der Waals surface area contributed by atoms with Crippen LogP contribution >= 0.6 is 11.3 Å². The summed E-state index contributed by atoms with van der Waals surface area (Å²) in [6.45, 7) is 0.879. The molecule has 1 aliphatic carbocycles. The number of amides is 1. The van der Waals surface area contributed by atoms with Crippen molar-refractivity contribution in [2.45, 2.75) is 25.7 Å². The van der Waals surface area contributed by atoms with Crippen molar-refractivity contribution in [3.63, 3.8) is 0 Å². The van der Waals surface area contributed by atoms with E-state index in [1.807, 2.05) is 17.5 Å². The summed E-state index contributed by atoms with van der Waals surface area (Å²) < 4.78 is 5.21. The average molecular weight is 361 g/mol. The first kappa shape index (κ1) is 16.3. The first-order chi connectivity index (χ1) is 12.1. The summed E-state index contributed by atoms with van der Waals surface area (Å²) in [4.78, 5) is 30.8. The van der Waals surface area contributed by atoms with Gasteiger partial charge in [-0.3, -0.25) is 9.59 Å². The van der Waals surface area contributed by atoms with Gasteiger partial charge in [-0.05, 0) is 36.1 Å². The zero-order valence-corrected chi connectivity index (χ0v) is 14.4. The Morgan fingerprint density at radius 2 is 2.20 bits per heavy atom. The number of hydrogen-bond donors (Lipinski definition) is 1. The Morgan fingerprint density at radius 1 is 1.36 bits per heavy atom. The van der Waals surface area contributed by atoms with E-state index in [1.54, 1.807) is 4.90 Å². The smallest absolute Gasteiger partial charge is 0.308 e. The zero-order valence-electron chi connectivity index (χ0n) is 13.6. The van der Waals surface area contributed by atoms with Crippen molar-refractivity contribution in [1.29, 1.82) is 0 Å². The average Bonchev–Trinajstić information content (AvgIpc) is 3.05. The second-order valence-corrected chi connectivity index (χ2v) is 7.68. The van der Waals surface area contributed by atoms with E-state index in [4.69, 9.17) is 4.52 Å². The van der Waals surface area contributed by atoms with Gasteiger partial charge in [-0.25, -0.2) is 0 Å². The lowest BCUT2D eigenvalue weighted by atomic mass is 9.92. The molecule has 2 aliphatic rings. The van der Waals surface area contributed by atoms with Crippen LogP contribution in [-0.4, -0.2) is 45.1 Å². The normalized spacial score (nSPS) is 23.1. The fourth-order valence-electron chi connectivity index (χ4n) is 3.53. The van der Waals surface area contributed by atoms with Gasteiger partial charge in [0.2, 0.25) is 17.6 Å². The number of hydrogen-bond acceptors (Lipinski definition) is 6. The fraction of sp³-hybridized carbons (Fsp3) is 0.529. The molecule has 7 nitrogen and oxygen atoms in total. The highest BCUT2D eigenvalue weighted by atomic mass is 32.1. The van der Waals surface area contributed by atoms with Crippen molar-refractivity contribution in [2.75, 3.05) is 13.1 Å². The number of aromatic nitrogens is 2. The SMILES string of the molecule is O=C(O)[C@H]1CN(C(=O)CCc2nc(-c3cccs3)no2)C[C@@H]1C1CC1. The van der Waals surface area contributed by atoms with Gasteiger partial charge < -0.3 is 14.5 Å². The molecule has 8 heteroatoms. The predicted octanol–water partition coefficient (Wildman–Crippen LogP) is 2.30. The van der Waals surface area contributed by atoms with Crippen molar-refractivity contribution in [2.24, 2.45) is 17.8 Å². The van der Waals surface area contributed by atoms with E-state index in [2.05, 4.69) is 10.1 Å². The molecule has 132 valence electrons. The molecule has 1 amide bonds. The molecule has 1 saturated heterocycles. The van der Waals surface area contributed by atoms with Crippen molar-refractivity contribution in [3.05, 3.63) is 23.4 Å². The molecule has 0 radical (unpaired) electrons. The van der Waals surface area contributed by atoms with E-state index in [0.29, 0.717) is 37.1 Å². The number of carbonyl (C=O) groups is 2. The van der Waals surface area contributed by atoms with Gasteiger partial charge in [0.15, 0.2) is 0 Å². The molecule has 0 spiro atoms. The quantitative estimate of drug-likeness (QED) is 0.848. The lowest BCUT2D eigenvalue weighted by Crippen LogP contribution is -2.30. The van der Waals surface area contributed by atoms with E-state index < -0.39 is 11.9 Å². The molecule has 0 bridgehead atoms. The summed E-state index contributed by atoms with van der Waals surface area (Å²) >= 11 is 1.53. The molecule has 0 unspecified atom stereocenters. The molecule has 2 atom stereocenters. The molecule has 4 rings (SSSR count). The van der Waals surface area contributed by atoms with E-state index in [-0.39, 0.29) is 18.2 Å². The third-order valence-electron chi connectivity index (χ3n) is 5.02. The minimum atomic E-state index is -0.787. The van der Waals surface area contributed by atoms with E-state index in [0.717, 1.165) is 17.7 Å². The van der Waals surface area contributed by atoms with Gasteiger partial charge in [0, 0.05) is 25.9 Å². The molecular weight excluding hydrogens is 342 g/mol. The second-order valence-electron chi connectivity index (χ2n) is 6.73. The summed E-state index contributed by atoms with van der Waals surface area (Å²) in [6, 6.07) is 3.83. The minimum Gasteiger partial charge on any atom is -0.481 e. The first-order valence-electron chi connectivity index (χ1n) is 8.49. The second kappa shape index (κ2) is 6.59. The van der Waals surface area contributed by atoms with Gasteiger partial charge >= 0.3 is 5.97 Å². The van der Waals surface area contributed by atoms with Crippen molar-refractivity contribution < 1.29 is 19.2 Å². The molecule has 3 heterocycles. The Labute approximate surface area is 148 Å². The third-order valence-corrected chi connectivity index (χ3v) is 5.89. The molecule has 0 aromatic carbocycles. The van der Waals surface area contributed by atoms with E-state index in [1.165, 1.54) is 11.3 Å². The Balaban J connectivity index is 1.34. The van der Waals surface area contributed by atoms with Crippen molar-refractivity contribution >= 4 is 23.2 Å². The molecule has 1 aliphatic heterocycles. The topological polar surface area (TPSA) is 96.5 Å². The Hall–Kier alpha value is -2.22. The summed E-state index contributed by atoms with van der Waals surface area (Å²) in [6.07, 6.45) is 2.81. The van der Waals surface area contributed by atoms with Gasteiger partial charge in [-0.2, -0.15) is 4.98 Å². The molecular formula is C17H19N3O4S. The van der Waals surface area contributed by atoms with Crippen LogP contribution in [0, 0.1) is 17.8 Å². The maximum atomic E-state index is 12.5. The number of carbonyl (C=O) groups excluding carboxylic acids is 1. The number of carboxylic acid groups (broad SMARTS) is 1. The number of likely N-dealkylation sites (tertiary alicyclic amines) is 1. The zero-order chi connectivity index (χ0) is 17.4. The van der Waals surface area contributed by atoms with Crippen LogP contribution in [0.3, 0.4) is 0 Å². The van der Waals surface area contributed by atoms with Crippen LogP contribution in [0.2, 0.25) is 0 Å². The Kier molecular flexibility index (Phi) is 4.29. The van der Waals surface area contributed by atoms with Gasteiger partial charge in [0.05, 0.1) is 10.8 Å². The maximum Gasteiger partial charge on any atom is 0.308 e. The number of nitrogens with zero attached hydrogens (tertiary/aromatic N) is 3. The molecule has 2 aromatic heterocycles. The monoisotopic (exact) mass is 361 g/mol. The number of thiophene rings is 1. The summed E-state index contributed by atoms with van der Waals surface area (Å²) in [7, 11) is 0. The largest absolute Gasteiger partial charge is 0.481 e. The van der Waals surface area contributed by atoms with Crippen LogP contribution in [0.5, 0.6) is 0 Å². The van der Waals surface area contributed by atoms with Crippen molar-refractivity contribution in [1.82, 2.24) is 15.0 Å². The number of rotatable bonds is 6. The highest BCUT2D eigenvalue weighted by Crippen LogP contribution is 2.44. The van der Waals surface area contributed by atoms with E-state index in [9.17, 15) is 14.7 Å². The number of carboxylic acids is 1. The number of aryl methyl sites for hydroxylation is 1. The lowest BCUT2D eigenvalue weighted by molar-refractivity contribution is -0.142. The number of aliphatic carboxylic acids is 1. The van der Waals surface area contributed by atoms with Crippen LogP contribution in [-0.2, 0) is 16.0 Å². The maximum absolute atomic E-state index is 12.5. The minimum absolute atomic E-state index is 0.0368. The van der Waals surface area contributed by atoms with Gasteiger partial charge in [0.25, 0.3) is 0 Å². The fourth-order valence-corrected chi connectivity index (χ4v) is 4.18. The summed E-state index contributed by atoms with van der Waals surface area (Å²) in [5, 5.41) is 15.3. The van der Waals surface area contributed by atoms with Crippen LogP contribution < -0.4 is 0 Å². The van der Waals surface area contributed by atoms with Crippen LogP contribution in [0.15, 0.2) is 22.0 Å². The molecule has 1 saturated carbocycles. The van der Waals surface area contributed by atoms with Gasteiger partial charge in [-0.1, -0.05) is 11.2 Å². The third kappa shape index (κ3) is 3.44. The molecule has 1 N–H and O–H groups in total. The van der Waals surface area contributed by atoms with Crippen LogP contribution in [0.4, 0.5) is 0 Å². The first-order valence-corrected chi connectivity index (χ1v) is 9.37. The van der Waals surface area contributed by atoms with E-state index >= 15 is 0 Å². The van der Waals surface area contributed by atoms with Gasteiger partial charge in [0.1, 0.15) is 0 Å². The molecule has 2 fully saturated rings. The van der Waals surface area contributed by atoms with Gasteiger partial charge in [-0.15, -0.1) is 11.3 Å². The predicted molar refractivity (Wildman–Crippen MR) is 89.9 cm³/mol. The molecule has 25 heavy (non-hydrogen) atoms. The van der Waals surface area contributed by atoms with Crippen LogP contribution in [0.1, 0.15) is 25.2 Å². The Morgan fingerprint density at radius 3 is 2.88 bits per heavy atom. The highest BCUT2D eigenvalue weighted by Gasteiger charge is 2.46. The summed E-state index contributed by atoms with van der Waals surface area (Å²) in [5.74, 6) is 0.307. The van der Waals surface area contributed by atoms with Crippen LogP contribution in [0.25, 0.3) is 10.7 Å². The Bertz CT molecular complexity index is 769. The lowest BCUT2D eigenvalue weighted by Gasteiger charge is -2.15. The summed E-state index contributed by atoms with van der Waals surface area (Å²) in [5.41, 5.74) is 0. The van der Waals surface area contributed by atoms with Crippen molar-refractivity contribution in [3.8, 4) is 10.7 Å². The molecule has 2 aromatic rings. The highest BCUT2D eigenvalue weighted by molar-refractivity contribution is 7.13.